The van der Waals surface area contributed by atoms with Crippen LogP contribution in [0.5, 0.6) is 5.75 Å². The summed E-state index contributed by atoms with van der Waals surface area (Å²) in [5.41, 5.74) is 2.13. The van der Waals surface area contributed by atoms with Gasteiger partial charge >= 0.3 is 6.18 Å². The molecule has 0 unspecified atom stereocenters. The van der Waals surface area contributed by atoms with Crippen molar-refractivity contribution >= 4 is 23.2 Å². The molecular weight excluding hydrogens is 423 g/mol. The second kappa shape index (κ2) is 8.14. The first kappa shape index (κ1) is 21.0. The number of nitrogens with zero attached hydrogens (tertiary/aromatic N) is 4. The van der Waals surface area contributed by atoms with E-state index < -0.39 is 17.8 Å². The highest BCUT2D eigenvalue weighted by Crippen LogP contribution is 2.32. The molecule has 32 heavy (non-hydrogen) atoms. The molecular formula is C22H16F3N5O2. The number of carbonyl (C=O) groups excluding carboxylic acids is 1. The Morgan fingerprint density at radius 3 is 2.47 bits per heavy atom. The lowest BCUT2D eigenvalue weighted by Gasteiger charge is -2.10. The van der Waals surface area contributed by atoms with Crippen LogP contribution in [0.1, 0.15) is 27.3 Å². The first-order valence-corrected chi connectivity index (χ1v) is 9.39. The van der Waals surface area contributed by atoms with Gasteiger partial charge in [-0.3, -0.25) is 4.79 Å². The quantitative estimate of drug-likeness (QED) is 0.368. The average Bonchev–Trinajstić information content (AvgIpc) is 3.11. The summed E-state index contributed by atoms with van der Waals surface area (Å²) >= 11 is 0. The minimum atomic E-state index is -4.77. The zero-order valence-electron chi connectivity index (χ0n) is 16.6. The number of fused-ring (bicyclic) bond motifs is 1. The number of hydrogen-bond acceptors (Lipinski definition) is 5. The zero-order valence-corrected chi connectivity index (χ0v) is 16.6. The van der Waals surface area contributed by atoms with Gasteiger partial charge in [0.05, 0.1) is 28.5 Å². The summed E-state index contributed by atoms with van der Waals surface area (Å²) in [6, 6.07) is 15.2. The van der Waals surface area contributed by atoms with E-state index in [2.05, 4.69) is 20.6 Å². The third kappa shape index (κ3) is 4.15. The van der Waals surface area contributed by atoms with Gasteiger partial charge in [0.25, 0.3) is 5.91 Å². The molecule has 0 atom stereocenters. The maximum atomic E-state index is 13.5. The number of pyridine rings is 1. The molecule has 0 radical (unpaired) electrons. The Morgan fingerprint density at radius 2 is 1.81 bits per heavy atom. The molecule has 4 aromatic rings. The van der Waals surface area contributed by atoms with Crippen LogP contribution in [-0.2, 0) is 6.18 Å². The molecule has 7 nitrogen and oxygen atoms in total. The van der Waals surface area contributed by atoms with Gasteiger partial charge in [-0.25, -0.2) is 15.1 Å². The van der Waals surface area contributed by atoms with Crippen molar-refractivity contribution in [3.63, 3.8) is 0 Å². The smallest absolute Gasteiger partial charge is 0.433 e. The highest BCUT2D eigenvalue weighted by molar-refractivity contribution is 6.07. The van der Waals surface area contributed by atoms with Crippen LogP contribution in [0.4, 0.5) is 13.2 Å². The van der Waals surface area contributed by atoms with Crippen molar-refractivity contribution in [3.8, 4) is 11.4 Å². The van der Waals surface area contributed by atoms with Gasteiger partial charge in [0.1, 0.15) is 11.4 Å². The fraction of sp³-hybridized carbons (Fsp3) is 0.0909. The van der Waals surface area contributed by atoms with Crippen molar-refractivity contribution in [2.24, 2.45) is 5.10 Å². The van der Waals surface area contributed by atoms with Gasteiger partial charge in [0, 0.05) is 0 Å². The van der Waals surface area contributed by atoms with E-state index in [0.29, 0.717) is 23.0 Å². The topological polar surface area (TPSA) is 92.4 Å². The predicted molar refractivity (Wildman–Crippen MR) is 112 cm³/mol. The van der Waals surface area contributed by atoms with Crippen LogP contribution >= 0.6 is 0 Å². The van der Waals surface area contributed by atoms with Gasteiger partial charge in [0.15, 0.2) is 5.65 Å². The van der Waals surface area contributed by atoms with Crippen molar-refractivity contribution in [2.75, 3.05) is 0 Å². The number of halogens is 3. The summed E-state index contributed by atoms with van der Waals surface area (Å²) in [4.78, 5) is 16.5. The highest BCUT2D eigenvalue weighted by Gasteiger charge is 2.35. The number of phenolic OH excluding ortho intramolecular Hbond substituents is 1. The molecule has 0 bridgehead atoms. The van der Waals surface area contributed by atoms with Gasteiger partial charge in [-0.15, -0.1) is 0 Å². The molecule has 4 rings (SSSR count). The Hall–Kier alpha value is -4.21. The van der Waals surface area contributed by atoms with E-state index in [1.165, 1.54) is 23.0 Å². The summed E-state index contributed by atoms with van der Waals surface area (Å²) in [5, 5.41) is 17.6. The van der Waals surface area contributed by atoms with Gasteiger partial charge < -0.3 is 5.11 Å². The predicted octanol–water partition coefficient (Wildman–Crippen LogP) is 4.22. The molecule has 0 aliphatic heterocycles. The van der Waals surface area contributed by atoms with E-state index in [1.807, 2.05) is 0 Å². The van der Waals surface area contributed by atoms with Crippen LogP contribution in [0.3, 0.4) is 0 Å². The molecule has 0 saturated heterocycles. The second-order valence-corrected chi connectivity index (χ2v) is 6.87. The van der Waals surface area contributed by atoms with Crippen molar-refractivity contribution in [3.05, 3.63) is 83.2 Å². The van der Waals surface area contributed by atoms with Gasteiger partial charge in [0.2, 0.25) is 0 Å². The number of aryl methyl sites for hydroxylation is 1. The van der Waals surface area contributed by atoms with E-state index in [9.17, 15) is 23.1 Å². The molecule has 0 fully saturated rings. The number of hydrogen-bond donors (Lipinski definition) is 2. The monoisotopic (exact) mass is 439 g/mol. The number of nitrogens with one attached hydrogen (secondary N) is 1. The number of alkyl halides is 3. The van der Waals surface area contributed by atoms with Crippen LogP contribution in [0.15, 0.2) is 65.8 Å². The number of phenols is 1. The molecule has 162 valence electrons. The van der Waals surface area contributed by atoms with Gasteiger partial charge in [-0.1, -0.05) is 18.2 Å². The van der Waals surface area contributed by atoms with Crippen LogP contribution < -0.4 is 5.43 Å². The molecule has 0 saturated carbocycles. The van der Waals surface area contributed by atoms with Crippen LogP contribution in [0.2, 0.25) is 0 Å². The molecule has 2 N–H and O–H groups in total. The van der Waals surface area contributed by atoms with Crippen molar-refractivity contribution < 1.29 is 23.1 Å². The third-order valence-electron chi connectivity index (χ3n) is 4.62. The minimum Gasteiger partial charge on any atom is -0.508 e. The zero-order chi connectivity index (χ0) is 22.9. The number of aromatic hydroxyl groups is 1. The fourth-order valence-corrected chi connectivity index (χ4v) is 3.15. The Kier molecular flexibility index (Phi) is 5.35. The molecule has 2 aromatic carbocycles. The lowest BCUT2D eigenvalue weighted by atomic mass is 10.1. The molecule has 0 aliphatic rings. The Labute approximate surface area is 179 Å². The first-order chi connectivity index (χ1) is 15.2. The number of hydrazone groups is 1. The number of amides is 1. The third-order valence-corrected chi connectivity index (χ3v) is 4.62. The van der Waals surface area contributed by atoms with Crippen molar-refractivity contribution in [1.82, 2.24) is 20.2 Å². The number of para-hydroxylation sites is 1. The molecule has 0 aliphatic carbocycles. The Balaban J connectivity index is 1.78. The standard InChI is InChI=1S/C22H16F3N5O2/c1-13-19-17(21(32)28-26-12-14-7-9-16(31)10-8-14)11-18(22(23,24)25)27-20(19)30(29-13)15-5-3-2-4-6-15/h2-12,31H,1H3,(H,28,32)/b26-12+. The molecule has 1 amide bonds. The number of aromatic nitrogens is 3. The van der Waals surface area contributed by atoms with E-state index >= 15 is 0 Å². The maximum Gasteiger partial charge on any atom is 0.433 e. The van der Waals surface area contributed by atoms with E-state index in [-0.39, 0.29) is 22.3 Å². The lowest BCUT2D eigenvalue weighted by Crippen LogP contribution is -2.20. The van der Waals surface area contributed by atoms with Gasteiger partial charge in [-0.05, 0) is 55.0 Å². The SMILES string of the molecule is Cc1nn(-c2ccccc2)c2nc(C(F)(F)F)cc(C(=O)N/N=C/c3ccc(O)cc3)c12. The lowest BCUT2D eigenvalue weighted by molar-refractivity contribution is -0.141. The summed E-state index contributed by atoms with van der Waals surface area (Å²) in [7, 11) is 0. The maximum absolute atomic E-state index is 13.5. The summed E-state index contributed by atoms with van der Waals surface area (Å²) < 4.78 is 41.9. The number of carbonyl (C=O) groups is 1. The van der Waals surface area contributed by atoms with Crippen molar-refractivity contribution in [1.29, 1.82) is 0 Å². The second-order valence-electron chi connectivity index (χ2n) is 6.87. The molecule has 2 aromatic heterocycles. The van der Waals surface area contributed by atoms with E-state index in [1.54, 1.807) is 49.4 Å². The summed E-state index contributed by atoms with van der Waals surface area (Å²) in [6.45, 7) is 1.59. The first-order valence-electron chi connectivity index (χ1n) is 9.39. The highest BCUT2D eigenvalue weighted by atomic mass is 19.4. The molecule has 10 heteroatoms. The molecule has 0 spiro atoms. The number of benzene rings is 2. The summed E-state index contributed by atoms with van der Waals surface area (Å²) in [6.07, 6.45) is -3.46. The van der Waals surface area contributed by atoms with Crippen LogP contribution in [0, 0.1) is 6.92 Å². The fourth-order valence-electron chi connectivity index (χ4n) is 3.15. The number of rotatable bonds is 4. The van der Waals surface area contributed by atoms with Crippen molar-refractivity contribution in [2.45, 2.75) is 13.1 Å². The average molecular weight is 439 g/mol. The summed E-state index contributed by atoms with van der Waals surface area (Å²) in [5.74, 6) is -0.774. The van der Waals surface area contributed by atoms with Crippen LogP contribution in [0.25, 0.3) is 16.7 Å². The van der Waals surface area contributed by atoms with Crippen LogP contribution in [-0.4, -0.2) is 32.0 Å². The molecule has 2 heterocycles. The Morgan fingerprint density at radius 1 is 1.12 bits per heavy atom. The minimum absolute atomic E-state index is 0.0657. The Bertz CT molecular complexity index is 1310. The van der Waals surface area contributed by atoms with E-state index in [4.69, 9.17) is 0 Å². The largest absolute Gasteiger partial charge is 0.508 e. The van der Waals surface area contributed by atoms with E-state index in [0.717, 1.165) is 0 Å². The normalized spacial score (nSPS) is 11.9. The van der Waals surface area contributed by atoms with Gasteiger partial charge in [-0.2, -0.15) is 23.4 Å².